The van der Waals surface area contributed by atoms with Gasteiger partial charge in [0.25, 0.3) is 0 Å². The zero-order valence-corrected chi connectivity index (χ0v) is 16.3. The molecular formula is C18H16N4O3S2. The van der Waals surface area contributed by atoms with Crippen LogP contribution in [-0.2, 0) is 11.2 Å². The van der Waals surface area contributed by atoms with E-state index in [1.807, 2.05) is 45.8 Å². The fourth-order valence-electron chi connectivity index (χ4n) is 2.66. The molecule has 0 saturated heterocycles. The average Bonchev–Trinajstić information content (AvgIpc) is 3.37. The number of carbonyl (C=O) groups is 1. The number of amides is 1. The van der Waals surface area contributed by atoms with Crippen LogP contribution in [0.3, 0.4) is 0 Å². The molecule has 0 aliphatic carbocycles. The molecule has 27 heavy (non-hydrogen) atoms. The van der Waals surface area contributed by atoms with Crippen molar-refractivity contribution in [2.45, 2.75) is 6.42 Å². The number of nitrogens with one attached hydrogen (secondary N) is 1. The van der Waals surface area contributed by atoms with Crippen LogP contribution in [0, 0.1) is 0 Å². The minimum atomic E-state index is -0.153. The highest BCUT2D eigenvalue weighted by Gasteiger charge is 2.14. The number of methoxy groups -OCH3 is 2. The van der Waals surface area contributed by atoms with E-state index in [1.165, 1.54) is 22.7 Å². The molecule has 0 bridgehead atoms. The Balaban J connectivity index is 1.49. The van der Waals surface area contributed by atoms with Gasteiger partial charge in [-0.3, -0.25) is 9.20 Å². The maximum atomic E-state index is 12.3. The lowest BCUT2D eigenvalue weighted by Gasteiger charge is -2.08. The van der Waals surface area contributed by atoms with E-state index in [0.29, 0.717) is 22.3 Å². The zero-order chi connectivity index (χ0) is 18.8. The highest BCUT2D eigenvalue weighted by atomic mass is 32.1. The number of thiazole rings is 2. The van der Waals surface area contributed by atoms with E-state index in [9.17, 15) is 4.79 Å². The Bertz CT molecular complexity index is 1070. The lowest BCUT2D eigenvalue weighted by atomic mass is 10.1. The number of nitrogens with zero attached hydrogens (tertiary/aromatic N) is 3. The summed E-state index contributed by atoms with van der Waals surface area (Å²) in [6.07, 6.45) is 3.98. The van der Waals surface area contributed by atoms with Gasteiger partial charge in [0, 0.05) is 28.7 Å². The van der Waals surface area contributed by atoms with E-state index in [0.717, 1.165) is 16.2 Å². The number of hydrogen-bond acceptors (Lipinski definition) is 7. The minimum absolute atomic E-state index is 0.153. The second-order valence-corrected chi connectivity index (χ2v) is 7.39. The summed E-state index contributed by atoms with van der Waals surface area (Å²) in [7, 11) is 3.22. The number of fused-ring (bicyclic) bond motifs is 1. The summed E-state index contributed by atoms with van der Waals surface area (Å²) < 4.78 is 12.6. The number of benzene rings is 1. The third-order valence-corrected chi connectivity index (χ3v) is 5.45. The molecule has 0 radical (unpaired) electrons. The monoisotopic (exact) mass is 400 g/mol. The van der Waals surface area contributed by atoms with Gasteiger partial charge in [0.05, 0.1) is 32.0 Å². The first-order chi connectivity index (χ1) is 13.2. The van der Waals surface area contributed by atoms with Crippen LogP contribution in [0.15, 0.2) is 41.4 Å². The standard InChI is InChI=1S/C18H16N4O3S2/c1-24-12-3-4-15(25-2)13(8-12)14-10-27-17(20-14)21-16(23)7-11-9-22-5-6-26-18(22)19-11/h3-6,8-10H,7H2,1-2H3,(H,20,21,23). The molecule has 0 aliphatic heterocycles. The van der Waals surface area contributed by atoms with Gasteiger partial charge >= 0.3 is 0 Å². The maximum absolute atomic E-state index is 12.3. The maximum Gasteiger partial charge on any atom is 0.232 e. The van der Waals surface area contributed by atoms with Crippen molar-refractivity contribution < 1.29 is 14.3 Å². The quantitative estimate of drug-likeness (QED) is 0.534. The highest BCUT2D eigenvalue weighted by molar-refractivity contribution is 7.15. The molecule has 7 nitrogen and oxygen atoms in total. The summed E-state index contributed by atoms with van der Waals surface area (Å²) >= 11 is 2.89. The van der Waals surface area contributed by atoms with Gasteiger partial charge in [0.1, 0.15) is 11.5 Å². The van der Waals surface area contributed by atoms with E-state index in [1.54, 1.807) is 14.2 Å². The van der Waals surface area contributed by atoms with E-state index in [-0.39, 0.29) is 12.3 Å². The van der Waals surface area contributed by atoms with Crippen molar-refractivity contribution >= 4 is 38.7 Å². The smallest absolute Gasteiger partial charge is 0.232 e. The Labute approximate surface area is 163 Å². The Morgan fingerprint density at radius 2 is 2.11 bits per heavy atom. The van der Waals surface area contributed by atoms with Crippen molar-refractivity contribution in [3.05, 3.63) is 47.0 Å². The van der Waals surface area contributed by atoms with Gasteiger partial charge in [-0.05, 0) is 18.2 Å². The first-order valence-corrected chi connectivity index (χ1v) is 9.81. The molecule has 0 saturated carbocycles. The minimum Gasteiger partial charge on any atom is -0.497 e. The third kappa shape index (κ3) is 3.64. The first kappa shape index (κ1) is 17.5. The summed E-state index contributed by atoms with van der Waals surface area (Å²) in [5.41, 5.74) is 2.25. The molecule has 4 aromatic rings. The SMILES string of the molecule is COc1ccc(OC)c(-c2csc(NC(=O)Cc3cn4ccsc4n3)n2)c1. The van der Waals surface area contributed by atoms with Gasteiger partial charge in [-0.15, -0.1) is 22.7 Å². The van der Waals surface area contributed by atoms with Crippen molar-refractivity contribution in [1.82, 2.24) is 14.4 Å². The first-order valence-electron chi connectivity index (χ1n) is 8.05. The summed E-state index contributed by atoms with van der Waals surface area (Å²) in [5.74, 6) is 1.25. The number of anilines is 1. The highest BCUT2D eigenvalue weighted by Crippen LogP contribution is 2.35. The summed E-state index contributed by atoms with van der Waals surface area (Å²) in [4.78, 5) is 22.1. The molecule has 1 amide bonds. The van der Waals surface area contributed by atoms with Crippen LogP contribution in [0.2, 0.25) is 0 Å². The van der Waals surface area contributed by atoms with Crippen LogP contribution >= 0.6 is 22.7 Å². The molecule has 0 spiro atoms. The van der Waals surface area contributed by atoms with Gasteiger partial charge in [-0.25, -0.2) is 9.97 Å². The van der Waals surface area contributed by atoms with E-state index < -0.39 is 0 Å². The summed E-state index contributed by atoms with van der Waals surface area (Å²) in [6, 6.07) is 5.51. The molecule has 1 N–H and O–H groups in total. The van der Waals surface area contributed by atoms with Crippen LogP contribution in [0.4, 0.5) is 5.13 Å². The fourth-order valence-corrected chi connectivity index (χ4v) is 4.10. The van der Waals surface area contributed by atoms with Crippen molar-refractivity contribution in [1.29, 1.82) is 0 Å². The zero-order valence-electron chi connectivity index (χ0n) is 14.6. The number of ether oxygens (including phenoxy) is 2. The van der Waals surface area contributed by atoms with E-state index in [2.05, 4.69) is 15.3 Å². The molecule has 0 atom stereocenters. The van der Waals surface area contributed by atoms with Gasteiger partial charge in [0.2, 0.25) is 5.91 Å². The van der Waals surface area contributed by atoms with Crippen LogP contribution in [-0.4, -0.2) is 34.5 Å². The van der Waals surface area contributed by atoms with Crippen LogP contribution in [0.1, 0.15) is 5.69 Å². The molecule has 0 aliphatic rings. The van der Waals surface area contributed by atoms with Crippen molar-refractivity contribution in [2.75, 3.05) is 19.5 Å². The Kier molecular flexibility index (Phi) is 4.78. The van der Waals surface area contributed by atoms with Gasteiger partial charge < -0.3 is 14.8 Å². The summed E-state index contributed by atoms with van der Waals surface area (Å²) in [6.45, 7) is 0. The van der Waals surface area contributed by atoms with Crippen molar-refractivity contribution in [2.24, 2.45) is 0 Å². The Morgan fingerprint density at radius 3 is 2.89 bits per heavy atom. The lowest BCUT2D eigenvalue weighted by Crippen LogP contribution is -2.14. The van der Waals surface area contributed by atoms with Crippen LogP contribution in [0.25, 0.3) is 16.2 Å². The number of aromatic nitrogens is 3. The number of imidazole rings is 1. The van der Waals surface area contributed by atoms with Crippen LogP contribution in [0.5, 0.6) is 11.5 Å². The molecule has 3 heterocycles. The summed E-state index contributed by atoms with van der Waals surface area (Å²) in [5, 5.41) is 7.19. The molecule has 4 rings (SSSR count). The molecule has 0 unspecified atom stereocenters. The Hall–Kier alpha value is -2.91. The van der Waals surface area contributed by atoms with E-state index in [4.69, 9.17) is 9.47 Å². The number of rotatable bonds is 6. The van der Waals surface area contributed by atoms with Gasteiger partial charge in [-0.2, -0.15) is 0 Å². The molecule has 1 aromatic carbocycles. The molecule has 3 aromatic heterocycles. The number of carbonyl (C=O) groups excluding carboxylic acids is 1. The van der Waals surface area contributed by atoms with Crippen molar-refractivity contribution in [3.8, 4) is 22.8 Å². The van der Waals surface area contributed by atoms with Gasteiger partial charge in [0.15, 0.2) is 10.1 Å². The second kappa shape index (κ2) is 7.37. The van der Waals surface area contributed by atoms with E-state index >= 15 is 0 Å². The largest absolute Gasteiger partial charge is 0.497 e. The predicted octanol–water partition coefficient (Wildman–Crippen LogP) is 3.72. The molecule has 138 valence electrons. The molecular weight excluding hydrogens is 384 g/mol. The van der Waals surface area contributed by atoms with Crippen LogP contribution < -0.4 is 14.8 Å². The second-order valence-electron chi connectivity index (χ2n) is 5.65. The lowest BCUT2D eigenvalue weighted by molar-refractivity contribution is -0.115. The fraction of sp³-hybridized carbons (Fsp3) is 0.167. The molecule has 0 fully saturated rings. The molecule has 9 heteroatoms. The topological polar surface area (TPSA) is 77.8 Å². The number of hydrogen-bond donors (Lipinski definition) is 1. The average molecular weight is 400 g/mol. The third-order valence-electron chi connectivity index (χ3n) is 3.92. The van der Waals surface area contributed by atoms with Gasteiger partial charge in [-0.1, -0.05) is 0 Å². The Morgan fingerprint density at radius 1 is 1.22 bits per heavy atom. The predicted molar refractivity (Wildman–Crippen MR) is 106 cm³/mol. The van der Waals surface area contributed by atoms with Crippen molar-refractivity contribution in [3.63, 3.8) is 0 Å². The normalized spacial score (nSPS) is 10.9.